The maximum absolute atomic E-state index is 13.1. The van der Waals surface area contributed by atoms with Crippen molar-refractivity contribution < 1.29 is 9.53 Å². The van der Waals surface area contributed by atoms with Crippen LogP contribution >= 0.6 is 0 Å². The minimum atomic E-state index is 0.0359. The number of hydrogen-bond donors (Lipinski definition) is 0. The van der Waals surface area contributed by atoms with E-state index in [9.17, 15) is 4.79 Å². The van der Waals surface area contributed by atoms with Crippen LogP contribution < -0.4 is 4.90 Å². The molecule has 6 nitrogen and oxygen atoms in total. The highest BCUT2D eigenvalue weighted by Crippen LogP contribution is 2.21. The van der Waals surface area contributed by atoms with Gasteiger partial charge in [0.2, 0.25) is 0 Å². The van der Waals surface area contributed by atoms with Crippen LogP contribution in [0.15, 0.2) is 41.4 Å². The van der Waals surface area contributed by atoms with Crippen molar-refractivity contribution in [2.75, 3.05) is 44.3 Å². The highest BCUT2D eigenvalue weighted by molar-refractivity contribution is 5.93. The lowest BCUT2D eigenvalue weighted by Crippen LogP contribution is -2.38. The van der Waals surface area contributed by atoms with Crippen LogP contribution in [0.3, 0.4) is 0 Å². The minimum Gasteiger partial charge on any atom is -0.378 e. The van der Waals surface area contributed by atoms with Gasteiger partial charge in [0.15, 0.2) is 0 Å². The van der Waals surface area contributed by atoms with Gasteiger partial charge in [-0.3, -0.25) is 9.79 Å². The summed E-state index contributed by atoms with van der Waals surface area (Å²) in [6.07, 6.45) is 5.22. The number of anilines is 1. The van der Waals surface area contributed by atoms with Crippen LogP contribution in [0.25, 0.3) is 0 Å². The molecule has 30 heavy (non-hydrogen) atoms. The number of carbonyl (C=O) groups excluding carboxylic acids is 1. The highest BCUT2D eigenvalue weighted by Gasteiger charge is 2.22. The SMILES string of the molecule is Cc1cccc(C=NCc2cc(N3CCOCC3)cc(C(=O)N3CCCCC3)n2)c1. The van der Waals surface area contributed by atoms with Gasteiger partial charge in [-0.2, -0.15) is 0 Å². The molecule has 2 aromatic rings. The van der Waals surface area contributed by atoms with Crippen LogP contribution in [0.5, 0.6) is 0 Å². The number of aryl methyl sites for hydroxylation is 1. The van der Waals surface area contributed by atoms with Gasteiger partial charge < -0.3 is 14.5 Å². The molecule has 4 rings (SSSR count). The van der Waals surface area contributed by atoms with E-state index in [0.29, 0.717) is 25.5 Å². The molecular weight excluding hydrogens is 376 g/mol. The fourth-order valence-corrected chi connectivity index (χ4v) is 4.02. The molecule has 6 heteroatoms. The first-order valence-electron chi connectivity index (χ1n) is 10.9. The van der Waals surface area contributed by atoms with E-state index >= 15 is 0 Å². The number of carbonyl (C=O) groups is 1. The van der Waals surface area contributed by atoms with Gasteiger partial charge in [0.25, 0.3) is 5.91 Å². The summed E-state index contributed by atoms with van der Waals surface area (Å²) >= 11 is 0. The lowest BCUT2D eigenvalue weighted by Gasteiger charge is -2.30. The lowest BCUT2D eigenvalue weighted by molar-refractivity contribution is 0.0718. The molecule has 2 aliphatic heterocycles. The van der Waals surface area contributed by atoms with E-state index in [1.165, 1.54) is 12.0 Å². The van der Waals surface area contributed by atoms with Gasteiger partial charge >= 0.3 is 0 Å². The summed E-state index contributed by atoms with van der Waals surface area (Å²) in [7, 11) is 0. The number of pyridine rings is 1. The Balaban J connectivity index is 1.57. The molecule has 1 aromatic heterocycles. The van der Waals surface area contributed by atoms with Crippen LogP contribution in [0.2, 0.25) is 0 Å². The van der Waals surface area contributed by atoms with E-state index in [1.54, 1.807) is 0 Å². The van der Waals surface area contributed by atoms with E-state index in [1.807, 2.05) is 29.3 Å². The van der Waals surface area contributed by atoms with E-state index in [0.717, 1.165) is 56.0 Å². The molecule has 0 spiro atoms. The summed E-state index contributed by atoms with van der Waals surface area (Å²) in [6.45, 7) is 7.24. The number of nitrogens with zero attached hydrogens (tertiary/aromatic N) is 4. The van der Waals surface area contributed by atoms with Gasteiger partial charge in [-0.15, -0.1) is 0 Å². The van der Waals surface area contributed by atoms with Crippen molar-refractivity contribution in [2.45, 2.75) is 32.7 Å². The molecule has 2 saturated heterocycles. The standard InChI is InChI=1S/C24H30N4O2/c1-19-6-5-7-20(14-19)17-25-18-21-15-22(27-10-12-30-13-11-27)16-23(26-21)24(29)28-8-3-2-4-9-28/h5-7,14-17H,2-4,8-13,18H2,1H3. The predicted molar refractivity (Wildman–Crippen MR) is 120 cm³/mol. The number of likely N-dealkylation sites (tertiary alicyclic amines) is 1. The molecule has 0 N–H and O–H groups in total. The fraction of sp³-hybridized carbons (Fsp3) is 0.458. The number of aliphatic imine (C=N–C) groups is 1. The number of piperidine rings is 1. The molecule has 0 radical (unpaired) electrons. The first-order valence-corrected chi connectivity index (χ1v) is 10.9. The topological polar surface area (TPSA) is 58.0 Å². The van der Waals surface area contributed by atoms with Gasteiger partial charge in [-0.1, -0.05) is 29.8 Å². The van der Waals surface area contributed by atoms with E-state index in [2.05, 4.69) is 40.0 Å². The maximum Gasteiger partial charge on any atom is 0.272 e. The normalized spacial score (nSPS) is 17.5. The first-order chi connectivity index (χ1) is 14.7. The van der Waals surface area contributed by atoms with Gasteiger partial charge in [-0.05, 0) is 43.9 Å². The summed E-state index contributed by atoms with van der Waals surface area (Å²) in [5.74, 6) is 0.0359. The second-order valence-electron chi connectivity index (χ2n) is 8.04. The van der Waals surface area contributed by atoms with Crippen molar-refractivity contribution in [1.82, 2.24) is 9.88 Å². The van der Waals surface area contributed by atoms with Crippen molar-refractivity contribution in [3.63, 3.8) is 0 Å². The molecule has 1 aromatic carbocycles. The van der Waals surface area contributed by atoms with E-state index in [4.69, 9.17) is 4.74 Å². The Hall–Kier alpha value is -2.73. The van der Waals surface area contributed by atoms with E-state index in [-0.39, 0.29) is 5.91 Å². The van der Waals surface area contributed by atoms with Gasteiger partial charge in [0.05, 0.1) is 25.5 Å². The fourth-order valence-electron chi connectivity index (χ4n) is 4.02. The van der Waals surface area contributed by atoms with Crippen molar-refractivity contribution in [3.05, 3.63) is 58.9 Å². The summed E-state index contributed by atoms with van der Waals surface area (Å²) in [4.78, 5) is 26.6. The zero-order valence-electron chi connectivity index (χ0n) is 17.7. The third-order valence-electron chi connectivity index (χ3n) is 5.64. The summed E-state index contributed by atoms with van der Waals surface area (Å²) in [6, 6.07) is 12.3. The number of morpholine rings is 1. The van der Waals surface area contributed by atoms with Crippen molar-refractivity contribution in [3.8, 4) is 0 Å². The number of rotatable bonds is 5. The van der Waals surface area contributed by atoms with E-state index < -0.39 is 0 Å². The van der Waals surface area contributed by atoms with Crippen molar-refractivity contribution >= 4 is 17.8 Å². The maximum atomic E-state index is 13.1. The van der Waals surface area contributed by atoms with Crippen molar-refractivity contribution in [2.24, 2.45) is 4.99 Å². The Bertz CT molecular complexity index is 900. The molecule has 2 fully saturated rings. The van der Waals surface area contributed by atoms with Crippen LogP contribution in [0.1, 0.15) is 46.6 Å². The Morgan fingerprint density at radius 2 is 1.90 bits per heavy atom. The number of amides is 1. The molecular formula is C24H30N4O2. The zero-order chi connectivity index (χ0) is 20.8. The third-order valence-corrected chi connectivity index (χ3v) is 5.64. The summed E-state index contributed by atoms with van der Waals surface area (Å²) < 4.78 is 5.49. The molecule has 0 unspecified atom stereocenters. The monoisotopic (exact) mass is 406 g/mol. The second-order valence-corrected chi connectivity index (χ2v) is 8.04. The third kappa shape index (κ3) is 5.25. The average molecular weight is 407 g/mol. The quantitative estimate of drug-likeness (QED) is 0.714. The van der Waals surface area contributed by atoms with Gasteiger partial charge in [-0.25, -0.2) is 4.98 Å². The first kappa shape index (κ1) is 20.5. The predicted octanol–water partition coefficient (Wildman–Crippen LogP) is 3.47. The lowest BCUT2D eigenvalue weighted by atomic mass is 10.1. The molecule has 0 aliphatic carbocycles. The van der Waals surface area contributed by atoms with Crippen LogP contribution in [-0.2, 0) is 11.3 Å². The Kier molecular flexibility index (Phi) is 6.74. The van der Waals surface area contributed by atoms with Crippen molar-refractivity contribution in [1.29, 1.82) is 0 Å². The molecule has 1 amide bonds. The summed E-state index contributed by atoms with van der Waals surface area (Å²) in [5, 5.41) is 0. The highest BCUT2D eigenvalue weighted by atomic mass is 16.5. The molecule has 0 saturated carbocycles. The van der Waals surface area contributed by atoms with Crippen LogP contribution in [0.4, 0.5) is 5.69 Å². The summed E-state index contributed by atoms with van der Waals surface area (Å²) in [5.41, 5.74) is 4.67. The second kappa shape index (κ2) is 9.85. The molecule has 0 bridgehead atoms. The average Bonchev–Trinajstić information content (AvgIpc) is 2.80. The number of aromatic nitrogens is 1. The molecule has 2 aliphatic rings. The van der Waals surface area contributed by atoms with Crippen LogP contribution in [0, 0.1) is 6.92 Å². The number of ether oxygens (including phenoxy) is 1. The zero-order valence-corrected chi connectivity index (χ0v) is 17.7. The Morgan fingerprint density at radius 1 is 1.10 bits per heavy atom. The smallest absolute Gasteiger partial charge is 0.272 e. The molecule has 3 heterocycles. The number of hydrogen-bond acceptors (Lipinski definition) is 5. The Labute approximate surface area is 178 Å². The van der Waals surface area contributed by atoms with Crippen LogP contribution in [-0.4, -0.2) is 61.4 Å². The number of benzene rings is 1. The largest absolute Gasteiger partial charge is 0.378 e. The van der Waals surface area contributed by atoms with Gasteiger partial charge in [0.1, 0.15) is 5.69 Å². The molecule has 0 atom stereocenters. The molecule has 158 valence electrons. The minimum absolute atomic E-state index is 0.0359. The Morgan fingerprint density at radius 3 is 2.67 bits per heavy atom. The van der Waals surface area contributed by atoms with Gasteiger partial charge in [0, 0.05) is 38.1 Å².